The standard InChI is InChI=1S/C16H18N2O2S2/c1-18-15(20)13-9-5-4-8-11(9)21-14(13)17-16(18)22-12-7-3-2-6-10(12)19/h12H,2-8H2,1H3. The third-order valence-corrected chi connectivity index (χ3v) is 7.20. The van der Waals surface area contributed by atoms with Crippen LogP contribution < -0.4 is 5.56 Å². The maximum Gasteiger partial charge on any atom is 0.262 e. The van der Waals surface area contributed by atoms with Gasteiger partial charge in [0.1, 0.15) is 10.6 Å². The summed E-state index contributed by atoms with van der Waals surface area (Å²) in [5.74, 6) is 0.305. The van der Waals surface area contributed by atoms with Crippen molar-refractivity contribution in [2.45, 2.75) is 55.4 Å². The molecule has 22 heavy (non-hydrogen) atoms. The summed E-state index contributed by atoms with van der Waals surface area (Å²) in [5.41, 5.74) is 1.27. The molecule has 6 heteroatoms. The summed E-state index contributed by atoms with van der Waals surface area (Å²) in [5, 5.41) is 1.48. The summed E-state index contributed by atoms with van der Waals surface area (Å²) in [6.07, 6.45) is 6.88. The van der Waals surface area contributed by atoms with E-state index in [0.29, 0.717) is 17.4 Å². The predicted octanol–water partition coefficient (Wildman–Crippen LogP) is 3.09. The highest BCUT2D eigenvalue weighted by Gasteiger charge is 2.27. The van der Waals surface area contributed by atoms with E-state index in [9.17, 15) is 9.59 Å². The zero-order chi connectivity index (χ0) is 15.3. The minimum Gasteiger partial charge on any atom is -0.298 e. The molecule has 0 spiro atoms. The number of thioether (sulfide) groups is 1. The molecule has 1 unspecified atom stereocenters. The molecule has 2 aliphatic carbocycles. The first-order chi connectivity index (χ1) is 10.6. The molecule has 2 heterocycles. The van der Waals surface area contributed by atoms with E-state index < -0.39 is 0 Å². The van der Waals surface area contributed by atoms with Crippen molar-refractivity contribution in [3.05, 3.63) is 20.8 Å². The molecule has 2 aromatic rings. The van der Waals surface area contributed by atoms with Crippen molar-refractivity contribution in [1.82, 2.24) is 9.55 Å². The van der Waals surface area contributed by atoms with Gasteiger partial charge in [0.05, 0.1) is 10.6 Å². The van der Waals surface area contributed by atoms with Gasteiger partial charge in [-0.05, 0) is 37.7 Å². The number of aromatic nitrogens is 2. The summed E-state index contributed by atoms with van der Waals surface area (Å²) in [4.78, 5) is 31.7. The fourth-order valence-electron chi connectivity index (χ4n) is 3.41. The lowest BCUT2D eigenvalue weighted by atomic mass is 9.99. The lowest BCUT2D eigenvalue weighted by Crippen LogP contribution is -2.25. The first kappa shape index (κ1) is 14.5. The topological polar surface area (TPSA) is 52.0 Å². The highest BCUT2D eigenvalue weighted by molar-refractivity contribution is 8.00. The van der Waals surface area contributed by atoms with Gasteiger partial charge in [0.25, 0.3) is 5.56 Å². The number of hydrogen-bond acceptors (Lipinski definition) is 5. The maximum absolute atomic E-state index is 12.7. The van der Waals surface area contributed by atoms with E-state index in [1.54, 1.807) is 23.0 Å². The molecule has 0 saturated heterocycles. The minimum absolute atomic E-state index is 0.0314. The molecule has 116 valence electrons. The molecule has 2 aliphatic rings. The molecule has 0 radical (unpaired) electrons. The van der Waals surface area contributed by atoms with Crippen molar-refractivity contribution in [3.8, 4) is 0 Å². The lowest BCUT2D eigenvalue weighted by Gasteiger charge is -2.20. The number of carbonyl (C=O) groups excluding carboxylic acids is 1. The molecule has 2 aromatic heterocycles. The van der Waals surface area contributed by atoms with E-state index in [2.05, 4.69) is 0 Å². The second-order valence-corrected chi connectivity index (χ2v) is 8.37. The minimum atomic E-state index is -0.0314. The number of aryl methyl sites for hydroxylation is 2. The summed E-state index contributed by atoms with van der Waals surface area (Å²) in [6, 6.07) is 0. The van der Waals surface area contributed by atoms with Gasteiger partial charge in [0, 0.05) is 18.3 Å². The van der Waals surface area contributed by atoms with E-state index >= 15 is 0 Å². The Balaban J connectivity index is 1.77. The summed E-state index contributed by atoms with van der Waals surface area (Å²) >= 11 is 3.14. The van der Waals surface area contributed by atoms with Crippen LogP contribution in [-0.2, 0) is 24.7 Å². The lowest BCUT2D eigenvalue weighted by molar-refractivity contribution is -0.119. The monoisotopic (exact) mass is 334 g/mol. The molecule has 4 rings (SSSR count). The van der Waals surface area contributed by atoms with Gasteiger partial charge in [-0.15, -0.1) is 11.3 Å². The Bertz CT molecular complexity index is 822. The first-order valence-corrected chi connectivity index (χ1v) is 9.55. The van der Waals surface area contributed by atoms with Crippen LogP contribution in [-0.4, -0.2) is 20.6 Å². The Morgan fingerprint density at radius 2 is 2.05 bits per heavy atom. The molecule has 0 amide bonds. The van der Waals surface area contributed by atoms with Crippen LogP contribution in [0.25, 0.3) is 10.2 Å². The quantitative estimate of drug-likeness (QED) is 0.792. The SMILES string of the molecule is Cn1c(SC2CCCCC2=O)nc2sc3c(c2c1=O)CCC3. The van der Waals surface area contributed by atoms with Crippen LogP contribution in [0.3, 0.4) is 0 Å². The number of fused-ring (bicyclic) bond motifs is 3. The first-order valence-electron chi connectivity index (χ1n) is 7.86. The van der Waals surface area contributed by atoms with Gasteiger partial charge in [0.15, 0.2) is 5.16 Å². The second-order valence-electron chi connectivity index (χ2n) is 6.11. The molecule has 1 atom stereocenters. The third kappa shape index (κ3) is 2.24. The third-order valence-electron chi connectivity index (χ3n) is 4.65. The summed E-state index contributed by atoms with van der Waals surface area (Å²) in [6.45, 7) is 0. The van der Waals surface area contributed by atoms with E-state index in [4.69, 9.17) is 4.98 Å². The number of carbonyl (C=O) groups is 1. The Kier molecular flexibility index (Phi) is 3.61. The van der Waals surface area contributed by atoms with Gasteiger partial charge in [0.2, 0.25) is 0 Å². The highest BCUT2D eigenvalue weighted by atomic mass is 32.2. The number of nitrogens with zero attached hydrogens (tertiary/aromatic N) is 2. The highest BCUT2D eigenvalue weighted by Crippen LogP contribution is 2.36. The number of rotatable bonds is 2. The fourth-order valence-corrected chi connectivity index (χ4v) is 5.90. The zero-order valence-electron chi connectivity index (χ0n) is 12.6. The molecular weight excluding hydrogens is 316 g/mol. The number of Topliss-reactive ketones (excluding diaryl/α,β-unsaturated/α-hetero) is 1. The average Bonchev–Trinajstić information content (AvgIpc) is 3.07. The zero-order valence-corrected chi connectivity index (χ0v) is 14.2. The van der Waals surface area contributed by atoms with Gasteiger partial charge < -0.3 is 0 Å². The van der Waals surface area contributed by atoms with Crippen molar-refractivity contribution in [2.24, 2.45) is 7.05 Å². The van der Waals surface area contributed by atoms with Crippen LogP contribution in [0.5, 0.6) is 0 Å². The van der Waals surface area contributed by atoms with Crippen molar-refractivity contribution < 1.29 is 4.79 Å². The Hall–Kier alpha value is -1.14. The van der Waals surface area contributed by atoms with E-state index in [-0.39, 0.29) is 10.8 Å². The van der Waals surface area contributed by atoms with E-state index in [1.807, 2.05) is 0 Å². The number of thiophene rings is 1. The summed E-state index contributed by atoms with van der Waals surface area (Å²) < 4.78 is 1.64. The molecule has 0 aromatic carbocycles. The predicted molar refractivity (Wildman–Crippen MR) is 90.0 cm³/mol. The van der Waals surface area contributed by atoms with Gasteiger partial charge >= 0.3 is 0 Å². The van der Waals surface area contributed by atoms with Crippen LogP contribution in [0, 0.1) is 0 Å². The Morgan fingerprint density at radius 1 is 1.18 bits per heavy atom. The van der Waals surface area contributed by atoms with Gasteiger partial charge in [-0.3, -0.25) is 14.2 Å². The van der Waals surface area contributed by atoms with Crippen LogP contribution in [0.1, 0.15) is 42.5 Å². The molecule has 0 bridgehead atoms. The van der Waals surface area contributed by atoms with Crippen molar-refractivity contribution >= 4 is 39.1 Å². The van der Waals surface area contributed by atoms with Crippen LogP contribution in [0.4, 0.5) is 0 Å². The smallest absolute Gasteiger partial charge is 0.262 e. The second kappa shape index (κ2) is 5.49. The molecule has 1 fully saturated rings. The largest absolute Gasteiger partial charge is 0.298 e. The molecule has 4 nitrogen and oxygen atoms in total. The normalized spacial score (nSPS) is 21.5. The molecule has 0 N–H and O–H groups in total. The number of hydrogen-bond donors (Lipinski definition) is 0. The molecular formula is C16H18N2O2S2. The van der Waals surface area contributed by atoms with E-state index in [1.165, 1.54) is 22.2 Å². The van der Waals surface area contributed by atoms with E-state index in [0.717, 1.165) is 48.7 Å². The Morgan fingerprint density at radius 3 is 2.86 bits per heavy atom. The van der Waals surface area contributed by atoms with Crippen LogP contribution in [0.15, 0.2) is 9.95 Å². The van der Waals surface area contributed by atoms with Gasteiger partial charge in [-0.1, -0.05) is 18.2 Å². The molecule has 1 saturated carbocycles. The van der Waals surface area contributed by atoms with Crippen LogP contribution >= 0.6 is 23.1 Å². The van der Waals surface area contributed by atoms with Crippen molar-refractivity contribution in [1.29, 1.82) is 0 Å². The van der Waals surface area contributed by atoms with Gasteiger partial charge in [-0.25, -0.2) is 4.98 Å². The Labute approximate surface area is 136 Å². The van der Waals surface area contributed by atoms with Gasteiger partial charge in [-0.2, -0.15) is 0 Å². The fraction of sp³-hybridized carbons (Fsp3) is 0.562. The van der Waals surface area contributed by atoms with Crippen molar-refractivity contribution in [2.75, 3.05) is 0 Å². The number of ketones is 1. The molecule has 0 aliphatic heterocycles. The summed E-state index contributed by atoms with van der Waals surface area (Å²) in [7, 11) is 1.78. The van der Waals surface area contributed by atoms with Crippen LogP contribution in [0.2, 0.25) is 0 Å². The maximum atomic E-state index is 12.7. The van der Waals surface area contributed by atoms with Crippen molar-refractivity contribution in [3.63, 3.8) is 0 Å². The average molecular weight is 334 g/mol.